The van der Waals surface area contributed by atoms with E-state index in [9.17, 15) is 9.90 Å². The van der Waals surface area contributed by atoms with Crippen LogP contribution in [-0.2, 0) is 0 Å². The number of aryl methyl sites for hydroxylation is 1. The number of anilines is 1. The zero-order chi connectivity index (χ0) is 21.3. The summed E-state index contributed by atoms with van der Waals surface area (Å²) in [7, 11) is 1.52. The van der Waals surface area contributed by atoms with Crippen LogP contribution in [0.1, 0.15) is 28.9 Å². The predicted octanol–water partition coefficient (Wildman–Crippen LogP) is 3.12. The summed E-state index contributed by atoms with van der Waals surface area (Å²) in [4.78, 5) is 21.2. The molecule has 0 aromatic carbocycles. The number of hydrogen-bond acceptors (Lipinski definition) is 9. The van der Waals surface area contributed by atoms with E-state index in [1.165, 1.54) is 19.5 Å². The van der Waals surface area contributed by atoms with E-state index < -0.39 is 12.0 Å². The van der Waals surface area contributed by atoms with Gasteiger partial charge in [0, 0.05) is 23.0 Å². The molecule has 1 amide bonds. The van der Waals surface area contributed by atoms with Crippen LogP contribution in [-0.4, -0.2) is 50.5 Å². The number of amides is 1. The van der Waals surface area contributed by atoms with Gasteiger partial charge in [-0.15, -0.1) is 5.10 Å². The van der Waals surface area contributed by atoms with Crippen molar-refractivity contribution >= 4 is 34.0 Å². The molecule has 156 valence electrons. The Balaban J connectivity index is 1.59. The van der Waals surface area contributed by atoms with Gasteiger partial charge in [0.2, 0.25) is 5.13 Å². The van der Waals surface area contributed by atoms with Gasteiger partial charge in [0.15, 0.2) is 0 Å². The lowest BCUT2D eigenvalue weighted by molar-refractivity contribution is -0.0365. The quantitative estimate of drug-likeness (QED) is 0.553. The molecule has 3 aromatic heterocycles. The Labute approximate surface area is 181 Å². The van der Waals surface area contributed by atoms with Gasteiger partial charge in [-0.1, -0.05) is 16.7 Å². The summed E-state index contributed by atoms with van der Waals surface area (Å²) in [6.07, 6.45) is 3.68. The molecule has 11 heteroatoms. The van der Waals surface area contributed by atoms with Crippen molar-refractivity contribution in [2.75, 3.05) is 12.4 Å². The van der Waals surface area contributed by atoms with E-state index in [4.69, 9.17) is 21.1 Å². The lowest BCUT2D eigenvalue weighted by atomic mass is 9.92. The van der Waals surface area contributed by atoms with E-state index in [2.05, 4.69) is 25.5 Å². The fourth-order valence-electron chi connectivity index (χ4n) is 2.95. The monoisotopic (exact) mass is 447 g/mol. The van der Waals surface area contributed by atoms with Crippen molar-refractivity contribution in [3.8, 4) is 22.1 Å². The van der Waals surface area contributed by atoms with E-state index in [0.29, 0.717) is 34.1 Å². The summed E-state index contributed by atoms with van der Waals surface area (Å²) in [5, 5.41) is 21.0. The van der Waals surface area contributed by atoms with E-state index in [1.54, 1.807) is 12.1 Å². The summed E-state index contributed by atoms with van der Waals surface area (Å²) in [6.45, 7) is 1.82. The molecule has 3 aromatic rings. The van der Waals surface area contributed by atoms with Gasteiger partial charge in [0.25, 0.3) is 11.1 Å². The number of methoxy groups -OCH3 is 1. The van der Waals surface area contributed by atoms with Gasteiger partial charge in [-0.05, 0) is 43.2 Å². The number of pyridine rings is 2. The largest absolute Gasteiger partial charge is 0.494 e. The van der Waals surface area contributed by atoms with Crippen molar-refractivity contribution in [2.45, 2.75) is 32.0 Å². The summed E-state index contributed by atoms with van der Waals surface area (Å²) in [5.74, 6) is 0.0589. The minimum Gasteiger partial charge on any atom is -0.494 e. The maximum Gasteiger partial charge on any atom is 0.296 e. The third-order valence-electron chi connectivity index (χ3n) is 4.68. The summed E-state index contributed by atoms with van der Waals surface area (Å²) in [6, 6.07) is 3.41. The second-order valence-electron chi connectivity index (χ2n) is 6.71. The van der Waals surface area contributed by atoms with E-state index in [1.807, 2.05) is 6.92 Å². The molecule has 9 nitrogen and oxygen atoms in total. The SMILES string of the molecule is COc1cnc(Cl)cc1-c1cc(C)ncc1C(=O)Nc1nnc(O[C@H]2CC[C@@H]2O)s1. The molecule has 0 unspecified atom stereocenters. The summed E-state index contributed by atoms with van der Waals surface area (Å²) >= 11 is 7.15. The first kappa shape index (κ1) is 20.5. The van der Waals surface area contributed by atoms with Crippen molar-refractivity contribution in [3.05, 3.63) is 40.9 Å². The van der Waals surface area contributed by atoms with Crippen LogP contribution in [0.2, 0.25) is 5.15 Å². The second kappa shape index (κ2) is 8.50. The molecule has 3 heterocycles. The first-order chi connectivity index (χ1) is 14.4. The van der Waals surface area contributed by atoms with Crippen LogP contribution in [0.25, 0.3) is 11.1 Å². The molecule has 1 aliphatic rings. The van der Waals surface area contributed by atoms with Gasteiger partial charge in [-0.3, -0.25) is 15.1 Å². The number of ether oxygens (including phenoxy) is 2. The average molecular weight is 448 g/mol. The molecule has 1 aliphatic carbocycles. The number of nitrogens with zero attached hydrogens (tertiary/aromatic N) is 4. The van der Waals surface area contributed by atoms with Crippen molar-refractivity contribution in [1.82, 2.24) is 20.2 Å². The van der Waals surface area contributed by atoms with Crippen LogP contribution < -0.4 is 14.8 Å². The maximum atomic E-state index is 13.0. The normalized spacial score (nSPS) is 17.9. The fourth-order valence-corrected chi connectivity index (χ4v) is 3.75. The fraction of sp³-hybridized carbons (Fsp3) is 0.316. The minimum absolute atomic E-state index is 0.273. The molecular formula is C19H18ClN5O4S. The zero-order valence-corrected chi connectivity index (χ0v) is 17.7. The highest BCUT2D eigenvalue weighted by molar-refractivity contribution is 7.17. The molecule has 30 heavy (non-hydrogen) atoms. The van der Waals surface area contributed by atoms with Gasteiger partial charge >= 0.3 is 0 Å². The van der Waals surface area contributed by atoms with Crippen molar-refractivity contribution in [2.24, 2.45) is 0 Å². The Bertz CT molecular complexity index is 1090. The zero-order valence-electron chi connectivity index (χ0n) is 16.1. The van der Waals surface area contributed by atoms with E-state index in [-0.39, 0.29) is 16.4 Å². The van der Waals surface area contributed by atoms with E-state index in [0.717, 1.165) is 23.5 Å². The first-order valence-corrected chi connectivity index (χ1v) is 10.3. The highest BCUT2D eigenvalue weighted by Crippen LogP contribution is 2.35. The van der Waals surface area contributed by atoms with Gasteiger partial charge in [0.1, 0.15) is 17.0 Å². The Morgan fingerprint density at radius 2 is 2.07 bits per heavy atom. The standard InChI is InChI=1S/C19H18ClN5O4S/c1-9-5-10(11-6-16(20)22-8-15(11)28-2)12(7-21-9)17(27)23-18-24-25-19(30-18)29-14-4-3-13(14)26/h5-8,13-14,26H,3-4H2,1-2H3,(H,23,24,27)/t13-,14-/m0/s1. The molecule has 2 N–H and O–H groups in total. The number of aliphatic hydroxyl groups excluding tert-OH is 1. The summed E-state index contributed by atoms with van der Waals surface area (Å²) in [5.41, 5.74) is 2.25. The van der Waals surface area contributed by atoms with E-state index >= 15 is 0 Å². The minimum atomic E-state index is -0.490. The number of aliphatic hydroxyl groups is 1. The number of nitrogens with one attached hydrogen (secondary N) is 1. The highest BCUT2D eigenvalue weighted by Gasteiger charge is 2.31. The van der Waals surface area contributed by atoms with Crippen LogP contribution in [0.3, 0.4) is 0 Å². The number of aromatic nitrogens is 4. The second-order valence-corrected chi connectivity index (χ2v) is 8.03. The molecule has 0 spiro atoms. The molecule has 1 fully saturated rings. The lowest BCUT2D eigenvalue weighted by Crippen LogP contribution is -2.41. The van der Waals surface area contributed by atoms with Crippen LogP contribution in [0.4, 0.5) is 5.13 Å². The Kier molecular flexibility index (Phi) is 5.80. The molecule has 0 saturated heterocycles. The average Bonchev–Trinajstić information content (AvgIpc) is 3.17. The molecule has 2 atom stereocenters. The van der Waals surface area contributed by atoms with Gasteiger partial charge in [0.05, 0.1) is 25.0 Å². The van der Waals surface area contributed by atoms with Crippen molar-refractivity contribution in [1.29, 1.82) is 0 Å². The molecular weight excluding hydrogens is 430 g/mol. The Hall–Kier alpha value is -2.82. The number of carbonyl (C=O) groups excluding carboxylic acids is 1. The van der Waals surface area contributed by atoms with Gasteiger partial charge in [-0.25, -0.2) is 4.98 Å². The molecule has 0 bridgehead atoms. The highest BCUT2D eigenvalue weighted by atomic mass is 35.5. The Morgan fingerprint density at radius 3 is 2.77 bits per heavy atom. The first-order valence-electron chi connectivity index (χ1n) is 9.10. The van der Waals surface area contributed by atoms with Gasteiger partial charge < -0.3 is 14.6 Å². The molecule has 0 aliphatic heterocycles. The number of carbonyl (C=O) groups is 1. The third kappa shape index (κ3) is 4.20. The predicted molar refractivity (Wildman–Crippen MR) is 111 cm³/mol. The molecule has 4 rings (SSSR count). The van der Waals surface area contributed by atoms with Crippen molar-refractivity contribution < 1.29 is 19.4 Å². The topological polar surface area (TPSA) is 119 Å². The lowest BCUT2D eigenvalue weighted by Gasteiger charge is -2.31. The van der Waals surface area contributed by atoms with Crippen LogP contribution in [0.5, 0.6) is 10.9 Å². The smallest absolute Gasteiger partial charge is 0.296 e. The summed E-state index contributed by atoms with van der Waals surface area (Å²) < 4.78 is 11.0. The van der Waals surface area contributed by atoms with Gasteiger partial charge in [-0.2, -0.15) is 0 Å². The number of rotatable bonds is 6. The Morgan fingerprint density at radius 1 is 1.23 bits per heavy atom. The van der Waals surface area contributed by atoms with Crippen molar-refractivity contribution in [3.63, 3.8) is 0 Å². The molecule has 0 radical (unpaired) electrons. The van der Waals surface area contributed by atoms with Crippen LogP contribution in [0.15, 0.2) is 24.5 Å². The van der Waals surface area contributed by atoms with Crippen LogP contribution >= 0.6 is 22.9 Å². The van der Waals surface area contributed by atoms with Crippen LogP contribution in [0, 0.1) is 6.92 Å². The molecule has 1 saturated carbocycles. The third-order valence-corrected chi connectivity index (χ3v) is 5.62. The maximum absolute atomic E-state index is 13.0. The number of halogens is 1. The number of hydrogen-bond donors (Lipinski definition) is 2.